The lowest BCUT2D eigenvalue weighted by Crippen LogP contribution is -2.40. The molecule has 0 bridgehead atoms. The number of halogens is 3. The van der Waals surface area contributed by atoms with Crippen molar-refractivity contribution in [1.82, 2.24) is 4.31 Å². The molecule has 30 heavy (non-hydrogen) atoms. The van der Waals surface area contributed by atoms with Gasteiger partial charge in [0, 0.05) is 13.1 Å². The van der Waals surface area contributed by atoms with E-state index in [0.717, 1.165) is 17.7 Å². The van der Waals surface area contributed by atoms with Gasteiger partial charge in [0.1, 0.15) is 6.61 Å². The zero-order chi connectivity index (χ0) is 21.9. The van der Waals surface area contributed by atoms with Crippen LogP contribution in [0.4, 0.5) is 13.2 Å². The highest BCUT2D eigenvalue weighted by atomic mass is 32.2. The average molecular weight is 441 g/mol. The van der Waals surface area contributed by atoms with Crippen LogP contribution in [0.5, 0.6) is 0 Å². The Morgan fingerprint density at radius 3 is 2.13 bits per heavy atom. The first-order valence-corrected chi connectivity index (χ1v) is 10.9. The number of hydrogen-bond donors (Lipinski definition) is 0. The molecule has 0 spiro atoms. The normalized spacial score (nSPS) is 16.4. The number of carbonyl (C=O) groups is 1. The summed E-state index contributed by atoms with van der Waals surface area (Å²) in [5.41, 5.74) is 0.652. The molecule has 0 amide bonds. The average Bonchev–Trinajstić information content (AvgIpc) is 2.72. The maximum absolute atomic E-state index is 12.7. The molecular formula is C21H22F3NO4S. The number of piperidine rings is 1. The van der Waals surface area contributed by atoms with Crippen LogP contribution in [0.2, 0.25) is 0 Å². The number of benzene rings is 2. The van der Waals surface area contributed by atoms with Crippen molar-refractivity contribution in [2.24, 2.45) is 5.92 Å². The van der Waals surface area contributed by atoms with Gasteiger partial charge in [-0.2, -0.15) is 17.5 Å². The van der Waals surface area contributed by atoms with Gasteiger partial charge in [-0.25, -0.2) is 8.42 Å². The molecular weight excluding hydrogens is 419 g/mol. The summed E-state index contributed by atoms with van der Waals surface area (Å²) in [6, 6.07) is 11.0. The topological polar surface area (TPSA) is 63.7 Å². The van der Waals surface area contributed by atoms with Crippen molar-refractivity contribution >= 4 is 16.0 Å². The van der Waals surface area contributed by atoms with E-state index in [0.29, 0.717) is 18.4 Å². The summed E-state index contributed by atoms with van der Waals surface area (Å²) >= 11 is 0. The minimum absolute atomic E-state index is 0.126. The van der Waals surface area contributed by atoms with Crippen molar-refractivity contribution in [1.29, 1.82) is 0 Å². The van der Waals surface area contributed by atoms with E-state index in [4.69, 9.17) is 4.74 Å². The van der Waals surface area contributed by atoms with Crippen LogP contribution in [0.3, 0.4) is 0 Å². The van der Waals surface area contributed by atoms with Crippen molar-refractivity contribution in [3.8, 4) is 0 Å². The van der Waals surface area contributed by atoms with Crippen molar-refractivity contribution in [2.75, 3.05) is 13.1 Å². The van der Waals surface area contributed by atoms with Gasteiger partial charge >= 0.3 is 12.1 Å². The molecule has 1 aliphatic heterocycles. The number of esters is 1. The van der Waals surface area contributed by atoms with Crippen LogP contribution in [0.15, 0.2) is 53.4 Å². The molecule has 0 unspecified atom stereocenters. The predicted molar refractivity (Wildman–Crippen MR) is 104 cm³/mol. The largest absolute Gasteiger partial charge is 0.461 e. The molecule has 1 heterocycles. The van der Waals surface area contributed by atoms with E-state index in [1.165, 1.54) is 16.4 Å². The number of alkyl halides is 3. The Bertz CT molecular complexity index is 978. The van der Waals surface area contributed by atoms with Gasteiger partial charge in [-0.1, -0.05) is 29.8 Å². The number of nitrogens with zero attached hydrogens (tertiary/aromatic N) is 1. The Morgan fingerprint density at radius 2 is 1.60 bits per heavy atom. The molecule has 0 atom stereocenters. The molecule has 5 nitrogen and oxygen atoms in total. The molecule has 162 valence electrons. The van der Waals surface area contributed by atoms with Gasteiger partial charge in [-0.05, 0) is 49.6 Å². The molecule has 0 saturated carbocycles. The first-order chi connectivity index (χ1) is 14.1. The van der Waals surface area contributed by atoms with Gasteiger partial charge in [0.15, 0.2) is 0 Å². The van der Waals surface area contributed by atoms with Crippen LogP contribution in [0.25, 0.3) is 0 Å². The zero-order valence-corrected chi connectivity index (χ0v) is 17.2. The fourth-order valence-corrected chi connectivity index (χ4v) is 4.72. The quantitative estimate of drug-likeness (QED) is 0.654. The van der Waals surface area contributed by atoms with Crippen molar-refractivity contribution in [2.45, 2.75) is 37.4 Å². The molecule has 0 aromatic heterocycles. The fourth-order valence-electron chi connectivity index (χ4n) is 3.25. The molecule has 0 aliphatic carbocycles. The highest BCUT2D eigenvalue weighted by Gasteiger charge is 2.33. The number of sulfonamides is 1. The van der Waals surface area contributed by atoms with E-state index in [9.17, 15) is 26.4 Å². The van der Waals surface area contributed by atoms with Crippen LogP contribution in [-0.2, 0) is 32.3 Å². The highest BCUT2D eigenvalue weighted by molar-refractivity contribution is 7.89. The lowest BCUT2D eigenvalue weighted by atomic mass is 9.98. The second-order valence-electron chi connectivity index (χ2n) is 7.29. The standard InChI is InChI=1S/C21H22F3NO4S/c1-15-2-8-19(9-3-15)30(27,28)25-12-10-17(11-13-25)20(26)29-14-16-4-6-18(7-5-16)21(22,23)24/h2-9,17H,10-14H2,1H3. The van der Waals surface area contributed by atoms with Crippen LogP contribution in [-0.4, -0.2) is 31.8 Å². The number of rotatable bonds is 5. The number of ether oxygens (including phenoxy) is 1. The smallest absolute Gasteiger partial charge is 0.416 e. The second kappa shape index (κ2) is 8.77. The Labute approximate surface area is 173 Å². The van der Waals surface area contributed by atoms with Crippen molar-refractivity contribution in [3.05, 3.63) is 65.2 Å². The SMILES string of the molecule is Cc1ccc(S(=O)(=O)N2CCC(C(=O)OCc3ccc(C(F)(F)F)cc3)CC2)cc1. The van der Waals surface area contributed by atoms with Gasteiger partial charge in [-0.15, -0.1) is 0 Å². The Kier molecular flexibility index (Phi) is 6.52. The predicted octanol–water partition coefficient (Wildman–Crippen LogP) is 4.16. The van der Waals surface area contributed by atoms with E-state index in [2.05, 4.69) is 0 Å². The zero-order valence-electron chi connectivity index (χ0n) is 16.4. The first-order valence-electron chi connectivity index (χ1n) is 9.47. The number of carbonyl (C=O) groups excluding carboxylic acids is 1. The second-order valence-corrected chi connectivity index (χ2v) is 9.23. The third-order valence-electron chi connectivity index (χ3n) is 5.11. The number of hydrogen-bond acceptors (Lipinski definition) is 4. The van der Waals surface area contributed by atoms with E-state index in [-0.39, 0.29) is 24.6 Å². The molecule has 1 saturated heterocycles. The van der Waals surface area contributed by atoms with E-state index in [1.54, 1.807) is 24.3 Å². The molecule has 2 aromatic carbocycles. The van der Waals surface area contributed by atoms with Crippen molar-refractivity contribution in [3.63, 3.8) is 0 Å². The lowest BCUT2D eigenvalue weighted by molar-refractivity contribution is -0.151. The molecule has 3 rings (SSSR count). The fraction of sp³-hybridized carbons (Fsp3) is 0.381. The Hall–Kier alpha value is -2.39. The summed E-state index contributed by atoms with van der Waals surface area (Å²) in [4.78, 5) is 12.5. The third kappa shape index (κ3) is 5.20. The maximum atomic E-state index is 12.7. The molecule has 0 N–H and O–H groups in total. The minimum Gasteiger partial charge on any atom is -0.461 e. The Balaban J connectivity index is 1.52. The Morgan fingerprint density at radius 1 is 1.03 bits per heavy atom. The maximum Gasteiger partial charge on any atom is 0.416 e. The highest BCUT2D eigenvalue weighted by Crippen LogP contribution is 2.29. The van der Waals surface area contributed by atoms with Gasteiger partial charge in [0.05, 0.1) is 16.4 Å². The monoisotopic (exact) mass is 441 g/mol. The summed E-state index contributed by atoms with van der Waals surface area (Å²) in [6.07, 6.45) is -3.75. The van der Waals surface area contributed by atoms with E-state index in [1.807, 2.05) is 6.92 Å². The van der Waals surface area contributed by atoms with Gasteiger partial charge in [0.2, 0.25) is 10.0 Å². The summed E-state index contributed by atoms with van der Waals surface area (Å²) < 4.78 is 69.8. The van der Waals surface area contributed by atoms with Gasteiger partial charge < -0.3 is 4.74 Å². The first kappa shape index (κ1) is 22.3. The lowest BCUT2D eigenvalue weighted by Gasteiger charge is -2.30. The molecule has 1 fully saturated rings. The van der Waals surface area contributed by atoms with Gasteiger partial charge in [0.25, 0.3) is 0 Å². The summed E-state index contributed by atoms with van der Waals surface area (Å²) in [5.74, 6) is -0.911. The van der Waals surface area contributed by atoms with E-state index >= 15 is 0 Å². The molecule has 1 aliphatic rings. The van der Waals surface area contributed by atoms with Crippen LogP contribution >= 0.6 is 0 Å². The molecule has 2 aromatic rings. The number of aryl methyl sites for hydroxylation is 1. The van der Waals surface area contributed by atoms with Crippen LogP contribution in [0, 0.1) is 12.8 Å². The van der Waals surface area contributed by atoms with Crippen molar-refractivity contribution < 1.29 is 31.1 Å². The van der Waals surface area contributed by atoms with E-state index < -0.39 is 33.7 Å². The summed E-state index contributed by atoms with van der Waals surface area (Å²) in [6.45, 7) is 2.16. The summed E-state index contributed by atoms with van der Waals surface area (Å²) in [7, 11) is -3.61. The van der Waals surface area contributed by atoms with Gasteiger partial charge in [-0.3, -0.25) is 4.79 Å². The van der Waals surface area contributed by atoms with Crippen LogP contribution in [0.1, 0.15) is 29.5 Å². The molecule has 0 radical (unpaired) electrons. The van der Waals surface area contributed by atoms with Crippen LogP contribution < -0.4 is 0 Å². The summed E-state index contributed by atoms with van der Waals surface area (Å²) in [5, 5.41) is 0. The third-order valence-corrected chi connectivity index (χ3v) is 7.02. The minimum atomic E-state index is -4.41. The molecule has 9 heteroatoms.